The van der Waals surface area contributed by atoms with Gasteiger partial charge in [0.1, 0.15) is 0 Å². The highest BCUT2D eigenvalue weighted by Gasteiger charge is 2.28. The summed E-state index contributed by atoms with van der Waals surface area (Å²) in [6, 6.07) is 0. The first-order valence-electron chi connectivity index (χ1n) is 7.83. The normalized spacial score (nSPS) is 18.4. The molecule has 132 valence electrons. The van der Waals surface area contributed by atoms with Crippen LogP contribution in [-0.4, -0.2) is 85.2 Å². The molecule has 0 atom stereocenters. The molecule has 2 heterocycles. The van der Waals surface area contributed by atoms with Crippen molar-refractivity contribution in [3.8, 4) is 0 Å². The van der Waals surface area contributed by atoms with E-state index in [0.717, 1.165) is 31.6 Å². The van der Waals surface area contributed by atoms with Crippen molar-refractivity contribution in [3.05, 3.63) is 18.0 Å². The van der Waals surface area contributed by atoms with E-state index < -0.39 is 10.2 Å². The quantitative estimate of drug-likeness (QED) is 0.682. The van der Waals surface area contributed by atoms with Crippen LogP contribution in [0.3, 0.4) is 0 Å². The maximum atomic E-state index is 12.6. The minimum Gasteiger partial charge on any atom is -0.383 e. The minimum atomic E-state index is -3.41. The predicted octanol–water partition coefficient (Wildman–Crippen LogP) is -0.249. The zero-order valence-electron chi connectivity index (χ0n) is 14.2. The number of aromatic nitrogens is 2. The summed E-state index contributed by atoms with van der Waals surface area (Å²) < 4.78 is 34.8. The Balaban J connectivity index is 1.92. The van der Waals surface area contributed by atoms with Gasteiger partial charge in [-0.1, -0.05) is 0 Å². The Morgan fingerprint density at radius 1 is 1.30 bits per heavy atom. The van der Waals surface area contributed by atoms with Gasteiger partial charge in [0.15, 0.2) is 0 Å². The van der Waals surface area contributed by atoms with Crippen molar-refractivity contribution in [1.82, 2.24) is 23.3 Å². The van der Waals surface area contributed by atoms with Gasteiger partial charge in [0.05, 0.1) is 12.8 Å². The number of nitrogens with zero attached hydrogens (tertiary/aromatic N) is 5. The van der Waals surface area contributed by atoms with Crippen molar-refractivity contribution < 1.29 is 13.2 Å². The van der Waals surface area contributed by atoms with E-state index in [1.807, 2.05) is 19.4 Å². The number of hydrogen-bond donors (Lipinski definition) is 0. The molecule has 0 N–H and O–H groups in total. The molecule has 1 aromatic rings. The summed E-state index contributed by atoms with van der Waals surface area (Å²) in [7, 11) is 1.67. The van der Waals surface area contributed by atoms with Crippen LogP contribution in [0, 0.1) is 0 Å². The van der Waals surface area contributed by atoms with Crippen LogP contribution in [0.2, 0.25) is 0 Å². The van der Waals surface area contributed by atoms with E-state index in [2.05, 4.69) is 10.00 Å². The molecule has 0 saturated carbocycles. The molecular formula is C14H27N5O3S. The van der Waals surface area contributed by atoms with Crippen LogP contribution in [0.1, 0.15) is 12.0 Å². The zero-order valence-corrected chi connectivity index (χ0v) is 15.0. The molecule has 0 aromatic carbocycles. The van der Waals surface area contributed by atoms with E-state index >= 15 is 0 Å². The topological polar surface area (TPSA) is 70.9 Å². The maximum absolute atomic E-state index is 12.6. The van der Waals surface area contributed by atoms with Crippen molar-refractivity contribution in [2.75, 3.05) is 53.5 Å². The lowest BCUT2D eigenvalue weighted by Crippen LogP contribution is -2.44. The fourth-order valence-electron chi connectivity index (χ4n) is 2.68. The van der Waals surface area contributed by atoms with Crippen LogP contribution in [0.25, 0.3) is 0 Å². The summed E-state index contributed by atoms with van der Waals surface area (Å²) in [5.74, 6) is 0. The molecule has 1 aliphatic rings. The Morgan fingerprint density at radius 2 is 2.09 bits per heavy atom. The van der Waals surface area contributed by atoms with Crippen LogP contribution in [0.4, 0.5) is 0 Å². The molecular weight excluding hydrogens is 318 g/mol. The van der Waals surface area contributed by atoms with Gasteiger partial charge in [0.25, 0.3) is 10.2 Å². The van der Waals surface area contributed by atoms with Crippen LogP contribution in [-0.2, 0) is 28.5 Å². The number of likely N-dealkylation sites (N-methyl/N-ethyl adjacent to an activating group) is 1. The number of methoxy groups -OCH3 is 1. The van der Waals surface area contributed by atoms with Gasteiger partial charge >= 0.3 is 0 Å². The fraction of sp³-hybridized carbons (Fsp3) is 0.786. The number of rotatable bonds is 7. The van der Waals surface area contributed by atoms with Crippen LogP contribution < -0.4 is 0 Å². The smallest absolute Gasteiger partial charge is 0.281 e. The summed E-state index contributed by atoms with van der Waals surface area (Å²) in [5, 5.41) is 4.18. The highest BCUT2D eigenvalue weighted by atomic mass is 32.2. The molecule has 2 rings (SSSR count). The molecule has 0 unspecified atom stereocenters. The van der Waals surface area contributed by atoms with E-state index in [1.165, 1.54) is 4.31 Å². The number of hydrogen-bond acceptors (Lipinski definition) is 5. The van der Waals surface area contributed by atoms with Gasteiger partial charge in [-0.05, 0) is 13.0 Å². The van der Waals surface area contributed by atoms with Gasteiger partial charge in [0, 0.05) is 65.7 Å². The second kappa shape index (κ2) is 8.20. The first kappa shape index (κ1) is 18.3. The highest BCUT2D eigenvalue weighted by molar-refractivity contribution is 7.86. The van der Waals surface area contributed by atoms with Gasteiger partial charge in [-0.25, -0.2) is 0 Å². The second-order valence-corrected chi connectivity index (χ2v) is 7.91. The molecule has 1 aliphatic heterocycles. The molecule has 1 saturated heterocycles. The number of ether oxygens (including phenoxy) is 1. The van der Waals surface area contributed by atoms with Gasteiger partial charge in [-0.2, -0.15) is 22.1 Å². The van der Waals surface area contributed by atoms with E-state index in [-0.39, 0.29) is 0 Å². The number of aryl methyl sites for hydroxylation is 1. The maximum Gasteiger partial charge on any atom is 0.281 e. The zero-order chi connectivity index (χ0) is 16.9. The average molecular weight is 345 g/mol. The summed E-state index contributed by atoms with van der Waals surface area (Å²) in [6.07, 6.45) is 4.69. The molecule has 0 aliphatic carbocycles. The molecule has 1 fully saturated rings. The summed E-state index contributed by atoms with van der Waals surface area (Å²) in [5.41, 5.74) is 1.15. The van der Waals surface area contributed by atoms with Crippen molar-refractivity contribution in [3.63, 3.8) is 0 Å². The van der Waals surface area contributed by atoms with E-state index in [4.69, 9.17) is 4.74 Å². The molecule has 0 spiro atoms. The van der Waals surface area contributed by atoms with Crippen molar-refractivity contribution >= 4 is 10.2 Å². The molecule has 8 nitrogen and oxygen atoms in total. The van der Waals surface area contributed by atoms with Crippen molar-refractivity contribution in [2.45, 2.75) is 13.0 Å². The summed E-state index contributed by atoms with van der Waals surface area (Å²) >= 11 is 0. The highest BCUT2D eigenvalue weighted by Crippen LogP contribution is 2.13. The van der Waals surface area contributed by atoms with E-state index in [0.29, 0.717) is 26.2 Å². The minimum absolute atomic E-state index is 0.370. The third-order valence-corrected chi connectivity index (χ3v) is 6.03. The summed E-state index contributed by atoms with van der Waals surface area (Å²) in [4.78, 5) is 2.28. The lowest BCUT2D eigenvalue weighted by Gasteiger charge is -2.26. The SMILES string of the molecule is COCCN(C)S(=O)(=O)N1CCCN(Cc2cnn(C)c2)CC1. The van der Waals surface area contributed by atoms with E-state index in [9.17, 15) is 8.42 Å². The Labute approximate surface area is 138 Å². The van der Waals surface area contributed by atoms with Crippen LogP contribution in [0.5, 0.6) is 0 Å². The van der Waals surface area contributed by atoms with Crippen LogP contribution >= 0.6 is 0 Å². The lowest BCUT2D eigenvalue weighted by molar-refractivity contribution is 0.182. The molecule has 1 aromatic heterocycles. The predicted molar refractivity (Wildman–Crippen MR) is 88.1 cm³/mol. The Hall–Kier alpha value is -1.00. The van der Waals surface area contributed by atoms with Gasteiger partial charge in [-0.3, -0.25) is 9.58 Å². The van der Waals surface area contributed by atoms with Gasteiger partial charge in [-0.15, -0.1) is 0 Å². The molecule has 0 radical (unpaired) electrons. The molecule has 23 heavy (non-hydrogen) atoms. The van der Waals surface area contributed by atoms with Crippen molar-refractivity contribution in [1.29, 1.82) is 0 Å². The third kappa shape index (κ3) is 4.98. The average Bonchev–Trinajstić information content (AvgIpc) is 2.77. The van der Waals surface area contributed by atoms with Gasteiger partial charge in [0.2, 0.25) is 0 Å². The second-order valence-electron chi connectivity index (χ2n) is 5.87. The molecule has 0 amide bonds. The van der Waals surface area contributed by atoms with E-state index in [1.54, 1.807) is 23.1 Å². The van der Waals surface area contributed by atoms with Crippen molar-refractivity contribution in [2.24, 2.45) is 7.05 Å². The Bertz CT molecular complexity index is 589. The fourth-order valence-corrected chi connectivity index (χ4v) is 4.05. The van der Waals surface area contributed by atoms with Crippen LogP contribution in [0.15, 0.2) is 12.4 Å². The summed E-state index contributed by atoms with van der Waals surface area (Å²) in [6.45, 7) is 4.27. The molecule has 9 heteroatoms. The third-order valence-electron chi connectivity index (χ3n) is 4.04. The Kier molecular flexibility index (Phi) is 6.54. The molecule has 0 bridgehead atoms. The first-order valence-corrected chi connectivity index (χ1v) is 9.23. The monoisotopic (exact) mass is 345 g/mol. The lowest BCUT2D eigenvalue weighted by atomic mass is 10.3. The first-order chi connectivity index (χ1) is 10.9. The largest absolute Gasteiger partial charge is 0.383 e. The Morgan fingerprint density at radius 3 is 2.74 bits per heavy atom. The standard InChI is InChI=1S/C14H27N5O3S/c1-16-12-14(11-15-16)13-18-5-4-6-19(8-7-18)23(20,21)17(2)9-10-22-3/h11-12H,4-10,13H2,1-3H3. The van der Waals surface area contributed by atoms with Gasteiger partial charge < -0.3 is 4.74 Å².